The summed E-state index contributed by atoms with van der Waals surface area (Å²) in [6.45, 7) is 3.57. The number of halogens is 2. The largest absolute Gasteiger partial charge is 0.492 e. The summed E-state index contributed by atoms with van der Waals surface area (Å²) in [5.41, 5.74) is 10.4. The topological polar surface area (TPSA) is 79.9 Å². The average molecular weight is 495 g/mol. The molecule has 2 aromatic carbocycles. The van der Waals surface area contributed by atoms with Crippen LogP contribution in [0.5, 0.6) is 5.75 Å². The van der Waals surface area contributed by atoms with Gasteiger partial charge in [-0.25, -0.2) is 4.98 Å². The first-order valence-electron chi connectivity index (χ1n) is 11.0. The van der Waals surface area contributed by atoms with Crippen molar-refractivity contribution >= 4 is 52.2 Å². The maximum Gasteiger partial charge on any atom is 0.224 e. The third kappa shape index (κ3) is 4.73. The Morgan fingerprint density at radius 3 is 2.76 bits per heavy atom. The molecule has 2 aliphatic rings. The van der Waals surface area contributed by atoms with Crippen molar-refractivity contribution in [3.8, 4) is 5.75 Å². The van der Waals surface area contributed by atoms with Crippen LogP contribution in [0.2, 0.25) is 10.3 Å². The molecule has 0 saturated carbocycles. The molecule has 34 heavy (non-hydrogen) atoms. The second kappa shape index (κ2) is 9.62. The molecule has 3 aromatic rings. The van der Waals surface area contributed by atoms with E-state index in [9.17, 15) is 0 Å². The fourth-order valence-corrected chi connectivity index (χ4v) is 4.56. The Bertz CT molecular complexity index is 1270. The lowest BCUT2D eigenvalue weighted by Crippen LogP contribution is -2.32. The summed E-state index contributed by atoms with van der Waals surface area (Å²) in [4.78, 5) is 17.5. The molecule has 174 valence electrons. The lowest BCUT2D eigenvalue weighted by atomic mass is 9.97. The molecule has 2 N–H and O–H groups in total. The van der Waals surface area contributed by atoms with Gasteiger partial charge in [-0.2, -0.15) is 4.98 Å². The molecular formula is C25H24Cl2N6O. The van der Waals surface area contributed by atoms with Crippen LogP contribution >= 0.6 is 23.2 Å². The van der Waals surface area contributed by atoms with E-state index in [4.69, 9.17) is 38.7 Å². The zero-order chi connectivity index (χ0) is 23.7. The van der Waals surface area contributed by atoms with Gasteiger partial charge in [0, 0.05) is 53.2 Å². The Kier molecular flexibility index (Phi) is 6.41. The Labute approximate surface area is 208 Å². The third-order valence-electron chi connectivity index (χ3n) is 5.80. The number of rotatable bonds is 7. The first-order chi connectivity index (χ1) is 16.5. The second-order valence-corrected chi connectivity index (χ2v) is 9.05. The molecule has 0 saturated heterocycles. The highest BCUT2D eigenvalue weighted by Gasteiger charge is 2.31. The first-order valence-corrected chi connectivity index (χ1v) is 11.8. The van der Waals surface area contributed by atoms with E-state index in [2.05, 4.69) is 38.9 Å². The monoisotopic (exact) mass is 494 g/mol. The summed E-state index contributed by atoms with van der Waals surface area (Å²) < 4.78 is 5.80. The molecule has 5 rings (SSSR count). The zero-order valence-corrected chi connectivity index (χ0v) is 20.2. The summed E-state index contributed by atoms with van der Waals surface area (Å²) in [5.74, 6) is 2.47. The maximum atomic E-state index is 6.77. The molecule has 7 nitrogen and oxygen atoms in total. The molecular weight excluding hydrogens is 471 g/mol. The van der Waals surface area contributed by atoms with Gasteiger partial charge in [0.25, 0.3) is 0 Å². The second-order valence-electron chi connectivity index (χ2n) is 8.30. The minimum atomic E-state index is 0.229. The van der Waals surface area contributed by atoms with Crippen LogP contribution in [0, 0.1) is 0 Å². The fourth-order valence-electron chi connectivity index (χ4n) is 4.13. The number of amidine groups is 1. The number of hydrogen-bond donors (Lipinski definition) is 1. The van der Waals surface area contributed by atoms with Gasteiger partial charge in [0.2, 0.25) is 5.28 Å². The zero-order valence-electron chi connectivity index (χ0n) is 18.7. The number of aromatic nitrogens is 2. The number of benzene rings is 2. The van der Waals surface area contributed by atoms with E-state index in [1.807, 2.05) is 36.4 Å². The van der Waals surface area contributed by atoms with E-state index in [-0.39, 0.29) is 5.28 Å². The lowest BCUT2D eigenvalue weighted by molar-refractivity contribution is 0.233. The number of aliphatic imine (C=N–C) groups is 1. The normalized spacial score (nSPS) is 14.5. The van der Waals surface area contributed by atoms with Crippen LogP contribution in [0.3, 0.4) is 0 Å². The Morgan fingerprint density at radius 1 is 1.15 bits per heavy atom. The van der Waals surface area contributed by atoms with Gasteiger partial charge < -0.3 is 15.4 Å². The molecule has 0 bridgehead atoms. The standard InChI is InChI=1S/C25H24Cl2N6O/c1-32(10-11-34-19-5-3-18(28)4-6-19)15-16-2-7-20(22(26)12-16)21-13-17-14-30-25(27)31-23(17)33-9-8-29-24(21)33/h2-7,12-14H,8-11,15,28H2,1H3. The first kappa shape index (κ1) is 22.7. The molecule has 0 amide bonds. The average Bonchev–Trinajstić information content (AvgIpc) is 3.31. The molecule has 1 aromatic heterocycles. The number of nitrogen functional groups attached to an aromatic ring is 1. The van der Waals surface area contributed by atoms with Crippen LogP contribution in [0.15, 0.2) is 53.7 Å². The summed E-state index contributed by atoms with van der Waals surface area (Å²) in [5, 5.41) is 0.912. The number of anilines is 2. The van der Waals surface area contributed by atoms with Gasteiger partial charge in [-0.1, -0.05) is 23.7 Å². The number of hydrogen-bond acceptors (Lipinski definition) is 7. The lowest BCUT2D eigenvalue weighted by Gasteiger charge is -2.27. The van der Waals surface area contributed by atoms with E-state index in [0.29, 0.717) is 18.2 Å². The van der Waals surface area contributed by atoms with Crippen molar-refractivity contribution in [1.82, 2.24) is 14.9 Å². The van der Waals surface area contributed by atoms with Crippen LogP contribution in [-0.4, -0.2) is 54.0 Å². The quantitative estimate of drug-likeness (QED) is 0.380. The summed E-state index contributed by atoms with van der Waals surface area (Å²) in [6.07, 6.45) is 3.78. The minimum absolute atomic E-state index is 0.229. The van der Waals surface area contributed by atoms with E-state index >= 15 is 0 Å². The van der Waals surface area contributed by atoms with Gasteiger partial charge in [-0.15, -0.1) is 0 Å². The van der Waals surface area contributed by atoms with Crippen molar-refractivity contribution in [1.29, 1.82) is 0 Å². The number of fused-ring (bicyclic) bond motifs is 3. The number of nitrogens with two attached hydrogens (primary N) is 1. The van der Waals surface area contributed by atoms with E-state index in [1.54, 1.807) is 6.20 Å². The summed E-state index contributed by atoms with van der Waals surface area (Å²) in [6, 6.07) is 13.6. The number of likely N-dealkylation sites (N-methyl/N-ethyl adjacent to an activating group) is 1. The van der Waals surface area contributed by atoms with E-state index in [1.165, 1.54) is 0 Å². The molecule has 9 heteroatoms. The van der Waals surface area contributed by atoms with Crippen LogP contribution in [-0.2, 0) is 6.54 Å². The minimum Gasteiger partial charge on any atom is -0.492 e. The number of ether oxygens (including phenoxy) is 1. The van der Waals surface area contributed by atoms with Crippen molar-refractivity contribution in [3.63, 3.8) is 0 Å². The molecule has 0 spiro atoms. The van der Waals surface area contributed by atoms with Gasteiger partial charge in [0.1, 0.15) is 24.0 Å². The molecule has 3 heterocycles. The predicted molar refractivity (Wildman–Crippen MR) is 139 cm³/mol. The molecule has 0 radical (unpaired) electrons. The van der Waals surface area contributed by atoms with Crippen molar-refractivity contribution in [2.24, 2.45) is 4.99 Å². The third-order valence-corrected chi connectivity index (χ3v) is 6.30. The highest BCUT2D eigenvalue weighted by atomic mass is 35.5. The SMILES string of the molecule is CN(CCOc1ccc(N)cc1)Cc1ccc(C2=Cc3cnc(Cl)nc3N3CCN=C23)c(Cl)c1. The molecule has 0 unspecified atom stereocenters. The van der Waals surface area contributed by atoms with Crippen LogP contribution in [0.4, 0.5) is 11.5 Å². The highest BCUT2D eigenvalue weighted by molar-refractivity contribution is 6.40. The molecule has 0 atom stereocenters. The molecule has 0 aliphatic carbocycles. The van der Waals surface area contributed by atoms with Crippen molar-refractivity contribution < 1.29 is 4.74 Å². The van der Waals surface area contributed by atoms with Gasteiger partial charge in [0.05, 0.1) is 6.54 Å². The van der Waals surface area contributed by atoms with Crippen molar-refractivity contribution in [3.05, 3.63) is 75.7 Å². The predicted octanol–water partition coefficient (Wildman–Crippen LogP) is 4.65. The Balaban J connectivity index is 1.28. The summed E-state index contributed by atoms with van der Waals surface area (Å²) in [7, 11) is 2.06. The van der Waals surface area contributed by atoms with Gasteiger partial charge in [-0.05, 0) is 60.6 Å². The Morgan fingerprint density at radius 2 is 1.97 bits per heavy atom. The van der Waals surface area contributed by atoms with Crippen LogP contribution < -0.4 is 15.4 Å². The van der Waals surface area contributed by atoms with Crippen LogP contribution in [0.1, 0.15) is 16.7 Å². The maximum absolute atomic E-state index is 6.77. The van der Waals surface area contributed by atoms with Crippen molar-refractivity contribution in [2.45, 2.75) is 6.54 Å². The smallest absolute Gasteiger partial charge is 0.224 e. The number of nitrogens with zero attached hydrogens (tertiary/aromatic N) is 5. The highest BCUT2D eigenvalue weighted by Crippen LogP contribution is 2.37. The van der Waals surface area contributed by atoms with E-state index in [0.717, 1.165) is 65.0 Å². The van der Waals surface area contributed by atoms with Gasteiger partial charge in [-0.3, -0.25) is 9.89 Å². The van der Waals surface area contributed by atoms with Gasteiger partial charge >= 0.3 is 0 Å². The molecule has 2 aliphatic heterocycles. The fraction of sp³-hybridized carbons (Fsp3) is 0.240. The van der Waals surface area contributed by atoms with Gasteiger partial charge in [0.15, 0.2) is 0 Å². The van der Waals surface area contributed by atoms with Crippen LogP contribution in [0.25, 0.3) is 11.6 Å². The Hall–Kier alpha value is -3.13. The van der Waals surface area contributed by atoms with E-state index < -0.39 is 0 Å². The molecule has 0 fully saturated rings. The summed E-state index contributed by atoms with van der Waals surface area (Å²) >= 11 is 12.8. The van der Waals surface area contributed by atoms with Crippen molar-refractivity contribution in [2.75, 3.05) is 43.9 Å².